The summed E-state index contributed by atoms with van der Waals surface area (Å²) in [6.45, 7) is 3.06. The summed E-state index contributed by atoms with van der Waals surface area (Å²) in [6.07, 6.45) is 4.30. The maximum Gasteiger partial charge on any atom is 0.224 e. The number of hydrogen-bond donors (Lipinski definition) is 2. The van der Waals surface area contributed by atoms with Crippen LogP contribution in [0.3, 0.4) is 0 Å². The molecule has 2 N–H and O–H groups in total. The van der Waals surface area contributed by atoms with Gasteiger partial charge < -0.3 is 15.3 Å². The number of rotatable bonds is 7. The first kappa shape index (κ1) is 18.2. The van der Waals surface area contributed by atoms with Gasteiger partial charge in [0.25, 0.3) is 0 Å². The van der Waals surface area contributed by atoms with Gasteiger partial charge in [-0.2, -0.15) is 0 Å². The van der Waals surface area contributed by atoms with Gasteiger partial charge in [0.05, 0.1) is 5.60 Å². The molecule has 0 saturated heterocycles. The third-order valence-corrected chi connectivity index (χ3v) is 4.95. The zero-order valence-corrected chi connectivity index (χ0v) is 14.8. The molecule has 0 heterocycles. The predicted octanol–water partition coefficient (Wildman–Crippen LogP) is 2.97. The van der Waals surface area contributed by atoms with Gasteiger partial charge in [-0.05, 0) is 31.4 Å². The Hall–Kier alpha value is -1.10. The Morgan fingerprint density at radius 1 is 1.39 bits per heavy atom. The molecule has 2 rings (SSSR count). The van der Waals surface area contributed by atoms with Crippen LogP contribution in [0.5, 0.6) is 0 Å². The number of amides is 1. The minimum Gasteiger partial charge on any atom is -0.389 e. The second-order valence-electron chi connectivity index (χ2n) is 6.76. The highest BCUT2D eigenvalue weighted by Gasteiger charge is 2.31. The lowest BCUT2D eigenvalue weighted by Gasteiger charge is -2.26. The van der Waals surface area contributed by atoms with E-state index in [0.717, 1.165) is 31.2 Å². The van der Waals surface area contributed by atoms with Crippen LogP contribution in [0.2, 0.25) is 5.02 Å². The van der Waals surface area contributed by atoms with Crippen molar-refractivity contribution in [3.63, 3.8) is 0 Å². The zero-order valence-electron chi connectivity index (χ0n) is 14.0. The fraction of sp³-hybridized carbons (Fsp3) is 0.611. The van der Waals surface area contributed by atoms with Crippen LogP contribution >= 0.6 is 11.6 Å². The first-order chi connectivity index (χ1) is 10.9. The van der Waals surface area contributed by atoms with Crippen molar-refractivity contribution in [2.75, 3.05) is 13.6 Å². The average molecular weight is 339 g/mol. The summed E-state index contributed by atoms with van der Waals surface area (Å²) < 4.78 is 0. The van der Waals surface area contributed by atoms with Crippen molar-refractivity contribution in [2.24, 2.45) is 0 Å². The Kier molecular flexibility index (Phi) is 6.45. The number of halogens is 1. The number of benzene rings is 1. The van der Waals surface area contributed by atoms with E-state index in [1.54, 1.807) is 11.9 Å². The Morgan fingerprint density at radius 2 is 2.04 bits per heavy atom. The second kappa shape index (κ2) is 8.13. The number of nitrogens with zero attached hydrogens (tertiary/aromatic N) is 1. The standard InChI is InChI=1S/C18H27ClN2O2/c1-14(20-13-18(23)9-5-6-10-18)11-17(22)21(2)12-15-7-3-4-8-16(15)19/h3-4,7-8,14,20,23H,5-6,9-13H2,1-2H3. The largest absolute Gasteiger partial charge is 0.389 e. The van der Waals surface area contributed by atoms with Crippen LogP contribution in [0, 0.1) is 0 Å². The van der Waals surface area contributed by atoms with Gasteiger partial charge in [-0.1, -0.05) is 42.6 Å². The number of hydrogen-bond acceptors (Lipinski definition) is 3. The Morgan fingerprint density at radius 3 is 2.70 bits per heavy atom. The van der Waals surface area contributed by atoms with E-state index >= 15 is 0 Å². The highest BCUT2D eigenvalue weighted by Crippen LogP contribution is 2.28. The fourth-order valence-electron chi connectivity index (χ4n) is 3.03. The molecule has 1 aliphatic rings. The topological polar surface area (TPSA) is 52.6 Å². The van der Waals surface area contributed by atoms with Crippen molar-refractivity contribution in [1.82, 2.24) is 10.2 Å². The summed E-state index contributed by atoms with van der Waals surface area (Å²) in [5.41, 5.74) is 0.367. The van der Waals surface area contributed by atoms with Crippen LogP contribution in [0.1, 0.15) is 44.6 Å². The molecule has 1 atom stereocenters. The summed E-state index contributed by atoms with van der Waals surface area (Å²) in [5.74, 6) is 0.0725. The molecule has 0 aromatic heterocycles. The monoisotopic (exact) mass is 338 g/mol. The van der Waals surface area contributed by atoms with E-state index in [1.807, 2.05) is 31.2 Å². The van der Waals surface area contributed by atoms with E-state index in [-0.39, 0.29) is 11.9 Å². The third kappa shape index (κ3) is 5.48. The predicted molar refractivity (Wildman–Crippen MR) is 93.4 cm³/mol. The highest BCUT2D eigenvalue weighted by molar-refractivity contribution is 6.31. The van der Waals surface area contributed by atoms with Crippen molar-refractivity contribution in [3.8, 4) is 0 Å². The molecule has 0 radical (unpaired) electrons. The van der Waals surface area contributed by atoms with Gasteiger partial charge in [0.15, 0.2) is 0 Å². The molecule has 0 aliphatic heterocycles. The molecule has 128 valence electrons. The molecule has 1 fully saturated rings. The lowest BCUT2D eigenvalue weighted by Crippen LogP contribution is -2.43. The van der Waals surface area contributed by atoms with E-state index < -0.39 is 5.60 Å². The fourth-order valence-corrected chi connectivity index (χ4v) is 3.23. The first-order valence-corrected chi connectivity index (χ1v) is 8.70. The van der Waals surface area contributed by atoms with Crippen molar-refractivity contribution in [2.45, 2.75) is 57.2 Å². The molecule has 1 aliphatic carbocycles. The molecule has 1 aromatic rings. The van der Waals surface area contributed by atoms with E-state index in [9.17, 15) is 9.90 Å². The van der Waals surface area contributed by atoms with Crippen LogP contribution in [0.15, 0.2) is 24.3 Å². The summed E-state index contributed by atoms with van der Waals surface area (Å²) in [6, 6.07) is 7.62. The molecular formula is C18H27ClN2O2. The van der Waals surface area contributed by atoms with Crippen molar-refractivity contribution in [1.29, 1.82) is 0 Å². The smallest absolute Gasteiger partial charge is 0.224 e. The SMILES string of the molecule is CC(CC(=O)N(C)Cc1ccccc1Cl)NCC1(O)CCCC1. The van der Waals surface area contributed by atoms with E-state index in [4.69, 9.17) is 11.6 Å². The Balaban J connectivity index is 1.77. The lowest BCUT2D eigenvalue weighted by molar-refractivity contribution is -0.130. The molecular weight excluding hydrogens is 312 g/mol. The summed E-state index contributed by atoms with van der Waals surface area (Å²) >= 11 is 6.14. The number of nitrogens with one attached hydrogen (secondary N) is 1. The van der Waals surface area contributed by atoms with Crippen LogP contribution < -0.4 is 5.32 Å². The van der Waals surface area contributed by atoms with Gasteiger partial charge in [-0.25, -0.2) is 0 Å². The molecule has 5 heteroatoms. The Bertz CT molecular complexity index is 530. The van der Waals surface area contributed by atoms with Gasteiger partial charge >= 0.3 is 0 Å². The minimum absolute atomic E-state index is 0.0424. The minimum atomic E-state index is -0.583. The maximum atomic E-state index is 12.3. The van der Waals surface area contributed by atoms with E-state index in [1.165, 1.54) is 0 Å². The van der Waals surface area contributed by atoms with Gasteiger partial charge in [-0.15, -0.1) is 0 Å². The van der Waals surface area contributed by atoms with Gasteiger partial charge in [0.1, 0.15) is 0 Å². The highest BCUT2D eigenvalue weighted by atomic mass is 35.5. The zero-order chi connectivity index (χ0) is 16.9. The second-order valence-corrected chi connectivity index (χ2v) is 7.17. The third-order valence-electron chi connectivity index (χ3n) is 4.59. The van der Waals surface area contributed by atoms with Gasteiger partial charge in [0.2, 0.25) is 5.91 Å². The average Bonchev–Trinajstić information content (AvgIpc) is 2.95. The molecule has 0 bridgehead atoms. The van der Waals surface area contributed by atoms with Crippen LogP contribution in [-0.4, -0.2) is 41.1 Å². The van der Waals surface area contributed by atoms with Crippen LogP contribution in [0.4, 0.5) is 0 Å². The van der Waals surface area contributed by atoms with Gasteiger partial charge in [0, 0.05) is 37.6 Å². The van der Waals surface area contributed by atoms with Gasteiger partial charge in [-0.3, -0.25) is 4.79 Å². The lowest BCUT2D eigenvalue weighted by atomic mass is 10.0. The molecule has 1 amide bonds. The van der Waals surface area contributed by atoms with Crippen molar-refractivity contribution in [3.05, 3.63) is 34.9 Å². The summed E-state index contributed by atoms with van der Waals surface area (Å²) in [7, 11) is 1.79. The normalized spacial score (nSPS) is 17.9. The number of carbonyl (C=O) groups is 1. The number of aliphatic hydroxyl groups is 1. The number of carbonyl (C=O) groups excluding carboxylic acids is 1. The molecule has 1 saturated carbocycles. The molecule has 23 heavy (non-hydrogen) atoms. The molecule has 1 unspecified atom stereocenters. The quantitative estimate of drug-likeness (QED) is 0.803. The van der Waals surface area contributed by atoms with E-state index in [2.05, 4.69) is 5.32 Å². The molecule has 4 nitrogen and oxygen atoms in total. The molecule has 0 spiro atoms. The first-order valence-electron chi connectivity index (χ1n) is 8.33. The van der Waals surface area contributed by atoms with E-state index in [0.29, 0.717) is 24.5 Å². The van der Waals surface area contributed by atoms with Crippen molar-refractivity contribution < 1.29 is 9.90 Å². The Labute approximate surface area is 143 Å². The van der Waals surface area contributed by atoms with Crippen LogP contribution in [0.25, 0.3) is 0 Å². The maximum absolute atomic E-state index is 12.3. The summed E-state index contributed by atoms with van der Waals surface area (Å²) in [4.78, 5) is 14.0. The summed E-state index contributed by atoms with van der Waals surface area (Å²) in [5, 5.41) is 14.3. The van der Waals surface area contributed by atoms with Crippen LogP contribution in [-0.2, 0) is 11.3 Å². The van der Waals surface area contributed by atoms with Crippen molar-refractivity contribution >= 4 is 17.5 Å². The molecule has 1 aromatic carbocycles.